The molecule has 0 aliphatic carbocycles. The van der Waals surface area contributed by atoms with Gasteiger partial charge in [0.1, 0.15) is 12.3 Å². The van der Waals surface area contributed by atoms with Gasteiger partial charge in [-0.2, -0.15) is 0 Å². The van der Waals surface area contributed by atoms with Crippen molar-refractivity contribution in [2.75, 3.05) is 7.11 Å². The Bertz CT molecular complexity index is 497. The molecule has 2 aromatic heterocycles. The minimum Gasteiger partial charge on any atom is -0.377 e. The number of ether oxygens (including phenoxy) is 1. The first-order chi connectivity index (χ1) is 8.72. The summed E-state index contributed by atoms with van der Waals surface area (Å²) in [6, 6.07) is 1.86. The number of hydrogen-bond donors (Lipinski definition) is 0. The second-order valence-electron chi connectivity index (χ2n) is 3.93. The van der Waals surface area contributed by atoms with Gasteiger partial charge in [-0.25, -0.2) is 4.68 Å². The summed E-state index contributed by atoms with van der Waals surface area (Å²) in [5.41, 5.74) is 1.74. The maximum Gasteiger partial charge on any atom is 0.162 e. The van der Waals surface area contributed by atoms with Gasteiger partial charge in [0.05, 0.1) is 23.3 Å². The molecule has 2 aromatic rings. The van der Waals surface area contributed by atoms with Crippen molar-refractivity contribution in [1.82, 2.24) is 20.2 Å². The van der Waals surface area contributed by atoms with E-state index < -0.39 is 0 Å². The molecule has 0 aromatic carbocycles. The molecule has 0 saturated carbocycles. The first-order valence-electron chi connectivity index (χ1n) is 5.70. The number of alkyl halides is 1. The molecule has 0 radical (unpaired) electrons. The molecule has 0 amide bonds. The predicted octanol–water partition coefficient (Wildman–Crippen LogP) is 2.31. The summed E-state index contributed by atoms with van der Waals surface area (Å²) in [5.74, 6) is 0.708. The fraction of sp³-hybridized carbons (Fsp3) is 0.545. The van der Waals surface area contributed by atoms with Crippen LogP contribution in [0.3, 0.4) is 0 Å². The summed E-state index contributed by atoms with van der Waals surface area (Å²) in [4.78, 5) is 0.243. The van der Waals surface area contributed by atoms with E-state index in [1.165, 1.54) is 0 Å². The molecule has 2 rings (SSSR count). The molecule has 0 N–H and O–H groups in total. The average molecular weight is 315 g/mol. The van der Waals surface area contributed by atoms with Crippen molar-refractivity contribution in [3.63, 3.8) is 0 Å². The van der Waals surface area contributed by atoms with E-state index in [4.69, 9.17) is 9.26 Å². The molecule has 0 aliphatic rings. The van der Waals surface area contributed by atoms with E-state index in [-0.39, 0.29) is 4.83 Å². The fourth-order valence-corrected chi connectivity index (χ4v) is 1.76. The maximum atomic E-state index is 5.11. The van der Waals surface area contributed by atoms with Gasteiger partial charge in [0.25, 0.3) is 0 Å². The van der Waals surface area contributed by atoms with Crippen molar-refractivity contribution in [1.29, 1.82) is 0 Å². The SMILES string of the molecule is CCC(Br)c1cn(Cc2cc(COC)on2)nn1. The minimum absolute atomic E-state index is 0.243. The highest BCUT2D eigenvalue weighted by Gasteiger charge is 2.11. The summed E-state index contributed by atoms with van der Waals surface area (Å²) in [7, 11) is 1.62. The topological polar surface area (TPSA) is 66.0 Å². The Labute approximate surface area is 113 Å². The molecule has 18 heavy (non-hydrogen) atoms. The lowest BCUT2D eigenvalue weighted by Gasteiger charge is -1.98. The summed E-state index contributed by atoms with van der Waals surface area (Å²) in [6.07, 6.45) is 2.88. The molecule has 0 spiro atoms. The van der Waals surface area contributed by atoms with Crippen LogP contribution in [0, 0.1) is 0 Å². The van der Waals surface area contributed by atoms with E-state index in [9.17, 15) is 0 Å². The molecule has 2 heterocycles. The Morgan fingerprint density at radius 1 is 1.56 bits per heavy atom. The third-order valence-electron chi connectivity index (χ3n) is 2.45. The lowest BCUT2D eigenvalue weighted by Crippen LogP contribution is -2.00. The van der Waals surface area contributed by atoms with Gasteiger partial charge in [0.2, 0.25) is 0 Å². The molecule has 0 aliphatic heterocycles. The van der Waals surface area contributed by atoms with Crippen LogP contribution in [0.5, 0.6) is 0 Å². The van der Waals surface area contributed by atoms with Crippen molar-refractivity contribution in [2.45, 2.75) is 31.3 Å². The van der Waals surface area contributed by atoms with Crippen LogP contribution >= 0.6 is 15.9 Å². The third-order valence-corrected chi connectivity index (χ3v) is 3.57. The molecule has 7 heteroatoms. The Kier molecular flexibility index (Phi) is 4.48. The number of aromatic nitrogens is 4. The van der Waals surface area contributed by atoms with E-state index in [2.05, 4.69) is 38.3 Å². The second kappa shape index (κ2) is 6.10. The van der Waals surface area contributed by atoms with Crippen LogP contribution < -0.4 is 0 Å². The average Bonchev–Trinajstić information content (AvgIpc) is 2.99. The Hall–Kier alpha value is -1.21. The summed E-state index contributed by atoms with van der Waals surface area (Å²) in [6.45, 7) is 3.06. The summed E-state index contributed by atoms with van der Waals surface area (Å²) in [5, 5.41) is 12.1. The smallest absolute Gasteiger partial charge is 0.162 e. The van der Waals surface area contributed by atoms with E-state index >= 15 is 0 Å². The van der Waals surface area contributed by atoms with Gasteiger partial charge in [-0.3, -0.25) is 0 Å². The van der Waals surface area contributed by atoms with Crippen molar-refractivity contribution in [3.8, 4) is 0 Å². The van der Waals surface area contributed by atoms with E-state index in [0.717, 1.165) is 17.8 Å². The molecule has 1 unspecified atom stereocenters. The Balaban J connectivity index is 2.01. The molecule has 0 saturated heterocycles. The van der Waals surface area contributed by atoms with Gasteiger partial charge >= 0.3 is 0 Å². The highest BCUT2D eigenvalue weighted by atomic mass is 79.9. The molecular weight excluding hydrogens is 300 g/mol. The van der Waals surface area contributed by atoms with Gasteiger partial charge < -0.3 is 9.26 Å². The molecule has 1 atom stereocenters. The summed E-state index contributed by atoms with van der Waals surface area (Å²) >= 11 is 3.54. The molecule has 98 valence electrons. The number of hydrogen-bond acceptors (Lipinski definition) is 5. The van der Waals surface area contributed by atoms with Crippen LogP contribution in [-0.2, 0) is 17.9 Å². The van der Waals surface area contributed by atoms with E-state index in [1.54, 1.807) is 11.8 Å². The van der Waals surface area contributed by atoms with Crippen molar-refractivity contribution >= 4 is 15.9 Å². The highest BCUT2D eigenvalue weighted by molar-refractivity contribution is 9.09. The Morgan fingerprint density at radius 3 is 3.11 bits per heavy atom. The lowest BCUT2D eigenvalue weighted by atomic mass is 10.3. The van der Waals surface area contributed by atoms with Crippen LogP contribution in [0.4, 0.5) is 0 Å². The predicted molar refractivity (Wildman–Crippen MR) is 68.3 cm³/mol. The van der Waals surface area contributed by atoms with Gasteiger partial charge in [0.15, 0.2) is 5.76 Å². The van der Waals surface area contributed by atoms with Crippen LogP contribution in [0.15, 0.2) is 16.8 Å². The zero-order chi connectivity index (χ0) is 13.0. The van der Waals surface area contributed by atoms with Gasteiger partial charge in [-0.05, 0) is 6.42 Å². The second-order valence-corrected chi connectivity index (χ2v) is 5.04. The largest absolute Gasteiger partial charge is 0.377 e. The summed E-state index contributed by atoms with van der Waals surface area (Å²) < 4.78 is 11.8. The minimum atomic E-state index is 0.243. The molecular formula is C11H15BrN4O2. The number of methoxy groups -OCH3 is 1. The van der Waals surface area contributed by atoms with E-state index in [1.807, 2.05) is 12.3 Å². The normalized spacial score (nSPS) is 12.8. The first-order valence-corrected chi connectivity index (χ1v) is 6.62. The number of rotatable bonds is 6. The molecule has 6 nitrogen and oxygen atoms in total. The van der Waals surface area contributed by atoms with Crippen molar-refractivity contribution in [2.24, 2.45) is 0 Å². The lowest BCUT2D eigenvalue weighted by molar-refractivity contribution is 0.155. The first kappa shape index (κ1) is 13.2. The zero-order valence-electron chi connectivity index (χ0n) is 10.3. The van der Waals surface area contributed by atoms with Crippen LogP contribution in [0.25, 0.3) is 0 Å². The van der Waals surface area contributed by atoms with Crippen molar-refractivity contribution in [3.05, 3.63) is 29.4 Å². The zero-order valence-corrected chi connectivity index (χ0v) is 11.9. The van der Waals surface area contributed by atoms with Gasteiger partial charge in [0, 0.05) is 13.2 Å². The maximum absolute atomic E-state index is 5.11. The van der Waals surface area contributed by atoms with Crippen molar-refractivity contribution < 1.29 is 9.26 Å². The molecule has 0 bridgehead atoms. The fourth-order valence-electron chi connectivity index (χ4n) is 1.55. The number of halogens is 1. The van der Waals surface area contributed by atoms with Crippen LogP contribution in [-0.4, -0.2) is 27.3 Å². The highest BCUT2D eigenvalue weighted by Crippen LogP contribution is 2.23. The monoisotopic (exact) mass is 314 g/mol. The van der Waals surface area contributed by atoms with Crippen LogP contribution in [0.1, 0.15) is 35.3 Å². The number of nitrogens with zero attached hydrogens (tertiary/aromatic N) is 4. The van der Waals surface area contributed by atoms with Crippen LogP contribution in [0.2, 0.25) is 0 Å². The van der Waals surface area contributed by atoms with Gasteiger partial charge in [-0.15, -0.1) is 5.10 Å². The standard InChI is InChI=1S/C11H15BrN4O2/c1-3-10(12)11-6-16(15-13-11)5-8-4-9(7-17-2)18-14-8/h4,6,10H,3,5,7H2,1-2H3. The van der Waals surface area contributed by atoms with E-state index in [0.29, 0.717) is 18.9 Å². The molecule has 0 fully saturated rings. The van der Waals surface area contributed by atoms with Gasteiger partial charge in [-0.1, -0.05) is 33.2 Å². The third kappa shape index (κ3) is 3.17. The Morgan fingerprint density at radius 2 is 2.39 bits per heavy atom. The quantitative estimate of drug-likeness (QED) is 0.765.